The van der Waals surface area contributed by atoms with Gasteiger partial charge < -0.3 is 5.32 Å². The quantitative estimate of drug-likeness (QED) is 0.253. The molecule has 0 aromatic heterocycles. The predicted molar refractivity (Wildman–Crippen MR) is 59.8 cm³/mol. The van der Waals surface area contributed by atoms with Crippen molar-refractivity contribution in [2.24, 2.45) is 22.7 Å². The average molecular weight is 198 g/mol. The monoisotopic (exact) mass is 198 g/mol. The molecule has 0 amide bonds. The number of nitrogens with two attached hydrogens (primary N) is 1. The Labute approximate surface area is 86.3 Å². The van der Waals surface area contributed by atoms with Crippen molar-refractivity contribution >= 4 is 5.96 Å². The Bertz CT molecular complexity index is 192. The van der Waals surface area contributed by atoms with Crippen LogP contribution in [0, 0.1) is 11.8 Å². The summed E-state index contributed by atoms with van der Waals surface area (Å²) in [7, 11) is 1.73. The van der Waals surface area contributed by atoms with Crippen LogP contribution in [0.3, 0.4) is 0 Å². The Kier molecular flexibility index (Phi) is 4.20. The molecule has 14 heavy (non-hydrogen) atoms. The van der Waals surface area contributed by atoms with Gasteiger partial charge >= 0.3 is 0 Å². The minimum absolute atomic E-state index is 0.517. The van der Waals surface area contributed by atoms with E-state index in [0.717, 1.165) is 11.8 Å². The van der Waals surface area contributed by atoms with Crippen LogP contribution in [-0.4, -0.2) is 19.0 Å². The molecule has 2 atom stereocenters. The molecule has 1 saturated carbocycles. The van der Waals surface area contributed by atoms with Crippen LogP contribution in [0.4, 0.5) is 0 Å². The summed E-state index contributed by atoms with van der Waals surface area (Å²) in [4.78, 5) is 4.02. The lowest BCUT2D eigenvalue weighted by Crippen LogP contribution is -2.48. The van der Waals surface area contributed by atoms with E-state index in [1.165, 1.54) is 19.3 Å². The van der Waals surface area contributed by atoms with Gasteiger partial charge in [-0.25, -0.2) is 5.84 Å². The number of hydrazine groups is 1. The molecule has 1 rings (SSSR count). The topological polar surface area (TPSA) is 62.4 Å². The molecule has 4 heteroatoms. The zero-order valence-corrected chi connectivity index (χ0v) is 9.38. The molecule has 0 aliphatic heterocycles. The van der Waals surface area contributed by atoms with Crippen LogP contribution in [0.25, 0.3) is 0 Å². The molecule has 0 saturated heterocycles. The molecular formula is C10H22N4. The summed E-state index contributed by atoms with van der Waals surface area (Å²) in [5, 5.41) is 3.33. The number of hydrogen-bond donors (Lipinski definition) is 3. The smallest absolute Gasteiger partial charge is 0.205 e. The molecule has 4 N–H and O–H groups in total. The number of rotatable bonds is 1. The largest absolute Gasteiger partial charge is 0.353 e. The molecule has 2 unspecified atom stereocenters. The average Bonchev–Trinajstić information content (AvgIpc) is 2.12. The maximum Gasteiger partial charge on any atom is 0.205 e. The van der Waals surface area contributed by atoms with Gasteiger partial charge in [0.2, 0.25) is 5.96 Å². The number of guanidine groups is 1. The molecule has 0 aromatic rings. The van der Waals surface area contributed by atoms with Gasteiger partial charge in [-0.1, -0.05) is 13.8 Å². The fourth-order valence-corrected chi connectivity index (χ4v) is 2.43. The van der Waals surface area contributed by atoms with E-state index in [2.05, 4.69) is 29.6 Å². The molecule has 82 valence electrons. The van der Waals surface area contributed by atoms with Gasteiger partial charge in [0.1, 0.15) is 0 Å². The van der Waals surface area contributed by atoms with Crippen LogP contribution >= 0.6 is 0 Å². The Morgan fingerprint density at radius 3 is 2.21 bits per heavy atom. The third-order valence-corrected chi connectivity index (χ3v) is 2.88. The summed E-state index contributed by atoms with van der Waals surface area (Å²) in [5.74, 6) is 7.61. The van der Waals surface area contributed by atoms with E-state index in [0.29, 0.717) is 12.0 Å². The summed E-state index contributed by atoms with van der Waals surface area (Å²) in [5.41, 5.74) is 2.57. The molecule has 0 bridgehead atoms. The van der Waals surface area contributed by atoms with E-state index in [-0.39, 0.29) is 0 Å². The highest BCUT2D eigenvalue weighted by atomic mass is 15.3. The molecule has 1 aliphatic carbocycles. The first-order chi connectivity index (χ1) is 6.65. The first-order valence-corrected chi connectivity index (χ1v) is 5.35. The predicted octanol–water partition coefficient (Wildman–Crippen LogP) is 0.850. The zero-order chi connectivity index (χ0) is 10.6. The van der Waals surface area contributed by atoms with Crippen molar-refractivity contribution in [2.75, 3.05) is 7.05 Å². The van der Waals surface area contributed by atoms with Gasteiger partial charge in [0.15, 0.2) is 0 Å². The highest BCUT2D eigenvalue weighted by Crippen LogP contribution is 2.28. The lowest BCUT2D eigenvalue weighted by atomic mass is 9.80. The standard InChI is InChI=1S/C10H22N4/c1-7-4-8(2)6-9(5-7)13-10(12-3)14-11/h7-9H,4-6,11H2,1-3H3,(H2,12,13,14). The number of nitrogens with one attached hydrogen (secondary N) is 2. The van der Waals surface area contributed by atoms with Gasteiger partial charge in [-0.2, -0.15) is 0 Å². The zero-order valence-electron chi connectivity index (χ0n) is 9.38. The van der Waals surface area contributed by atoms with Crippen LogP contribution in [0.2, 0.25) is 0 Å². The highest BCUT2D eigenvalue weighted by molar-refractivity contribution is 5.79. The molecule has 1 fully saturated rings. The second kappa shape index (κ2) is 5.20. The maximum absolute atomic E-state index is 5.33. The molecule has 0 spiro atoms. The number of nitrogens with zero attached hydrogens (tertiary/aromatic N) is 1. The second-order valence-electron chi connectivity index (χ2n) is 4.48. The van der Waals surface area contributed by atoms with Crippen molar-refractivity contribution in [1.29, 1.82) is 0 Å². The van der Waals surface area contributed by atoms with Crippen molar-refractivity contribution in [3.63, 3.8) is 0 Å². The summed E-state index contributed by atoms with van der Waals surface area (Å²) >= 11 is 0. The van der Waals surface area contributed by atoms with E-state index < -0.39 is 0 Å². The van der Waals surface area contributed by atoms with Crippen molar-refractivity contribution in [3.05, 3.63) is 0 Å². The minimum Gasteiger partial charge on any atom is -0.353 e. The van der Waals surface area contributed by atoms with Gasteiger partial charge in [-0.15, -0.1) is 0 Å². The van der Waals surface area contributed by atoms with E-state index in [1.807, 2.05) is 0 Å². The molecule has 4 nitrogen and oxygen atoms in total. The Morgan fingerprint density at radius 1 is 1.21 bits per heavy atom. The molecule has 1 aliphatic rings. The highest BCUT2D eigenvalue weighted by Gasteiger charge is 2.24. The lowest BCUT2D eigenvalue weighted by Gasteiger charge is -2.32. The minimum atomic E-state index is 0.517. The van der Waals surface area contributed by atoms with E-state index in [9.17, 15) is 0 Å². The van der Waals surface area contributed by atoms with E-state index in [4.69, 9.17) is 5.84 Å². The van der Waals surface area contributed by atoms with Crippen molar-refractivity contribution in [1.82, 2.24) is 10.7 Å². The van der Waals surface area contributed by atoms with Crippen molar-refractivity contribution in [2.45, 2.75) is 39.2 Å². The molecule has 0 aromatic carbocycles. The second-order valence-corrected chi connectivity index (χ2v) is 4.48. The molecule has 0 radical (unpaired) electrons. The van der Waals surface area contributed by atoms with Gasteiger partial charge in [0, 0.05) is 13.1 Å². The van der Waals surface area contributed by atoms with E-state index in [1.54, 1.807) is 7.05 Å². The SMILES string of the molecule is CN=C(NN)NC1CC(C)CC(C)C1. The Morgan fingerprint density at radius 2 is 1.79 bits per heavy atom. The third-order valence-electron chi connectivity index (χ3n) is 2.88. The van der Waals surface area contributed by atoms with Crippen molar-refractivity contribution < 1.29 is 0 Å². The molecular weight excluding hydrogens is 176 g/mol. The first-order valence-electron chi connectivity index (χ1n) is 5.35. The van der Waals surface area contributed by atoms with Crippen LogP contribution in [0.15, 0.2) is 4.99 Å². The van der Waals surface area contributed by atoms with Crippen LogP contribution in [-0.2, 0) is 0 Å². The fraction of sp³-hybridized carbons (Fsp3) is 0.900. The number of hydrogen-bond acceptors (Lipinski definition) is 2. The van der Waals surface area contributed by atoms with Gasteiger partial charge in [0.05, 0.1) is 0 Å². The van der Waals surface area contributed by atoms with Crippen molar-refractivity contribution in [3.8, 4) is 0 Å². The summed E-state index contributed by atoms with van der Waals surface area (Å²) in [6.45, 7) is 4.62. The molecule has 0 heterocycles. The van der Waals surface area contributed by atoms with Crippen LogP contribution < -0.4 is 16.6 Å². The van der Waals surface area contributed by atoms with Crippen LogP contribution in [0.1, 0.15) is 33.1 Å². The summed E-state index contributed by atoms with van der Waals surface area (Å²) < 4.78 is 0. The Balaban J connectivity index is 2.44. The normalized spacial score (nSPS) is 34.0. The fourth-order valence-electron chi connectivity index (χ4n) is 2.43. The summed E-state index contributed by atoms with van der Waals surface area (Å²) in [6.07, 6.45) is 3.77. The maximum atomic E-state index is 5.33. The van der Waals surface area contributed by atoms with Gasteiger partial charge in [-0.3, -0.25) is 10.4 Å². The van der Waals surface area contributed by atoms with Gasteiger partial charge in [-0.05, 0) is 31.1 Å². The van der Waals surface area contributed by atoms with Crippen LogP contribution in [0.5, 0.6) is 0 Å². The summed E-state index contributed by atoms with van der Waals surface area (Å²) in [6, 6.07) is 0.517. The Hall–Kier alpha value is -0.770. The van der Waals surface area contributed by atoms with Gasteiger partial charge in [0.25, 0.3) is 0 Å². The first kappa shape index (κ1) is 11.3. The van der Waals surface area contributed by atoms with E-state index >= 15 is 0 Å². The number of aliphatic imine (C=N–C) groups is 1. The lowest BCUT2D eigenvalue weighted by molar-refractivity contribution is 0.255. The third kappa shape index (κ3) is 3.18.